The molecule has 4 aromatic heterocycles. The maximum absolute atomic E-state index is 11.6. The summed E-state index contributed by atoms with van der Waals surface area (Å²) in [5, 5.41) is 9.34. The number of aromatic nitrogens is 5. The molecule has 146 valence electrons. The van der Waals surface area contributed by atoms with Crippen LogP contribution in [0.3, 0.4) is 0 Å². The van der Waals surface area contributed by atoms with Crippen LogP contribution in [0.25, 0.3) is 21.9 Å². The summed E-state index contributed by atoms with van der Waals surface area (Å²) in [4.78, 5) is 16.9. The van der Waals surface area contributed by atoms with Gasteiger partial charge < -0.3 is 18.9 Å². The van der Waals surface area contributed by atoms with Crippen LogP contribution < -0.4 is 14.2 Å². The second kappa shape index (κ2) is 7.35. The van der Waals surface area contributed by atoms with Gasteiger partial charge >= 0.3 is 5.97 Å². The molecule has 11 heteroatoms. The summed E-state index contributed by atoms with van der Waals surface area (Å²) in [5.74, 6) is 0.544. The zero-order valence-corrected chi connectivity index (χ0v) is 16.2. The highest BCUT2D eigenvalue weighted by atomic mass is 32.1. The van der Waals surface area contributed by atoms with Crippen molar-refractivity contribution in [1.82, 2.24) is 24.2 Å². The van der Waals surface area contributed by atoms with E-state index in [2.05, 4.69) is 15.2 Å². The predicted octanol–water partition coefficient (Wildman–Crippen LogP) is 2.06. The molecule has 0 atom stereocenters. The molecule has 0 radical (unpaired) electrons. The molecular weight excluding hydrogens is 386 g/mol. The molecule has 4 heterocycles. The van der Waals surface area contributed by atoms with E-state index in [4.69, 9.17) is 18.9 Å². The highest BCUT2D eigenvalue weighted by Gasteiger charge is 2.16. The molecule has 0 aromatic carbocycles. The van der Waals surface area contributed by atoms with Crippen molar-refractivity contribution in [2.24, 2.45) is 0 Å². The van der Waals surface area contributed by atoms with E-state index in [0.29, 0.717) is 45.2 Å². The highest BCUT2D eigenvalue weighted by Crippen LogP contribution is 2.30. The fraction of sp³-hybridized carbons (Fsp3) is 0.294. The number of hydrogen-bond donors (Lipinski definition) is 0. The maximum atomic E-state index is 11.6. The predicted molar refractivity (Wildman–Crippen MR) is 100 cm³/mol. The molecule has 0 N–H and O–H groups in total. The average Bonchev–Trinajstić information content (AvgIpc) is 3.37. The Balaban J connectivity index is 1.70. The van der Waals surface area contributed by atoms with Crippen molar-refractivity contribution in [1.29, 1.82) is 0 Å². The monoisotopic (exact) mass is 403 g/mol. The van der Waals surface area contributed by atoms with E-state index in [-0.39, 0.29) is 6.61 Å². The molecule has 10 nitrogen and oxygen atoms in total. The van der Waals surface area contributed by atoms with Gasteiger partial charge in [0.2, 0.25) is 4.96 Å². The number of carbonyl (C=O) groups is 1. The molecular formula is C17H17N5O5S. The molecule has 0 saturated carbocycles. The lowest BCUT2D eigenvalue weighted by molar-refractivity contribution is -0.145. The number of hydrogen-bond acceptors (Lipinski definition) is 9. The topological polar surface area (TPSA) is 101 Å². The third kappa shape index (κ3) is 3.31. The van der Waals surface area contributed by atoms with E-state index in [1.165, 1.54) is 11.3 Å². The van der Waals surface area contributed by atoms with Crippen LogP contribution in [0.5, 0.6) is 16.7 Å². The van der Waals surface area contributed by atoms with Gasteiger partial charge in [-0.1, -0.05) is 0 Å². The van der Waals surface area contributed by atoms with Crippen molar-refractivity contribution in [3.63, 3.8) is 0 Å². The number of methoxy groups -OCH3 is 2. The lowest BCUT2D eigenvalue weighted by Crippen LogP contribution is -2.15. The van der Waals surface area contributed by atoms with Gasteiger partial charge in [0.05, 0.1) is 33.2 Å². The number of rotatable bonds is 7. The van der Waals surface area contributed by atoms with Crippen LogP contribution in [-0.4, -0.2) is 57.6 Å². The lowest BCUT2D eigenvalue weighted by atomic mass is 10.3. The Morgan fingerprint density at radius 2 is 1.96 bits per heavy atom. The van der Waals surface area contributed by atoms with Crippen molar-refractivity contribution in [3.05, 3.63) is 24.5 Å². The molecule has 28 heavy (non-hydrogen) atoms. The molecule has 0 fully saturated rings. The standard InChI is InChI=1S/C17H17N5O5S/c1-4-26-15(23)9-27-14-5-10(24-2)7-21-13(14)6-11(19-21)12-8-22-16(18-12)28-17(20-22)25-3/h5-8H,4,9H2,1-3H3. The second-order valence-electron chi connectivity index (χ2n) is 5.62. The van der Waals surface area contributed by atoms with Crippen LogP contribution in [0.4, 0.5) is 0 Å². The number of nitrogens with zero attached hydrogens (tertiary/aromatic N) is 5. The molecule has 0 aliphatic carbocycles. The van der Waals surface area contributed by atoms with E-state index in [9.17, 15) is 4.79 Å². The van der Waals surface area contributed by atoms with Gasteiger partial charge in [-0.2, -0.15) is 5.10 Å². The van der Waals surface area contributed by atoms with E-state index in [0.717, 1.165) is 0 Å². The Morgan fingerprint density at radius 1 is 1.11 bits per heavy atom. The van der Waals surface area contributed by atoms with Crippen molar-refractivity contribution in [2.45, 2.75) is 6.92 Å². The van der Waals surface area contributed by atoms with Crippen LogP contribution >= 0.6 is 11.3 Å². The van der Waals surface area contributed by atoms with Gasteiger partial charge in [0.1, 0.15) is 28.4 Å². The number of ether oxygens (including phenoxy) is 4. The van der Waals surface area contributed by atoms with Crippen molar-refractivity contribution in [3.8, 4) is 28.1 Å². The first-order valence-electron chi connectivity index (χ1n) is 8.37. The second-order valence-corrected chi connectivity index (χ2v) is 6.54. The van der Waals surface area contributed by atoms with Crippen molar-refractivity contribution < 1.29 is 23.7 Å². The first kappa shape index (κ1) is 18.0. The van der Waals surface area contributed by atoms with Gasteiger partial charge in [0.15, 0.2) is 6.61 Å². The highest BCUT2D eigenvalue weighted by molar-refractivity contribution is 7.18. The lowest BCUT2D eigenvalue weighted by Gasteiger charge is -2.09. The van der Waals surface area contributed by atoms with Gasteiger partial charge in [-0.15, -0.1) is 5.10 Å². The first-order chi connectivity index (χ1) is 13.6. The molecule has 0 aliphatic heterocycles. The van der Waals surface area contributed by atoms with Crippen molar-refractivity contribution in [2.75, 3.05) is 27.4 Å². The minimum Gasteiger partial charge on any atom is -0.495 e. The minimum absolute atomic E-state index is 0.207. The quantitative estimate of drug-likeness (QED) is 0.432. The van der Waals surface area contributed by atoms with Crippen LogP contribution in [0.2, 0.25) is 0 Å². The van der Waals surface area contributed by atoms with Gasteiger partial charge in [0.25, 0.3) is 5.19 Å². The van der Waals surface area contributed by atoms with Gasteiger partial charge in [0, 0.05) is 6.07 Å². The summed E-state index contributed by atoms with van der Waals surface area (Å²) in [7, 11) is 3.11. The van der Waals surface area contributed by atoms with E-state index < -0.39 is 5.97 Å². The summed E-state index contributed by atoms with van der Waals surface area (Å²) in [6.07, 6.45) is 3.49. The third-order valence-corrected chi connectivity index (χ3v) is 4.74. The van der Waals surface area contributed by atoms with E-state index in [1.807, 2.05) is 6.07 Å². The summed E-state index contributed by atoms with van der Waals surface area (Å²) in [5.41, 5.74) is 1.95. The summed E-state index contributed by atoms with van der Waals surface area (Å²) in [6, 6.07) is 3.52. The average molecular weight is 403 g/mol. The molecule has 0 spiro atoms. The molecule has 4 aromatic rings. The van der Waals surface area contributed by atoms with Gasteiger partial charge in [-0.3, -0.25) is 0 Å². The summed E-state index contributed by atoms with van der Waals surface area (Å²) >= 11 is 1.33. The molecule has 0 amide bonds. The molecule has 0 bridgehead atoms. The van der Waals surface area contributed by atoms with Gasteiger partial charge in [-0.05, 0) is 24.3 Å². The molecule has 0 unspecified atom stereocenters. The molecule has 0 aliphatic rings. The van der Waals surface area contributed by atoms with E-state index >= 15 is 0 Å². The van der Waals surface area contributed by atoms with Gasteiger partial charge in [-0.25, -0.2) is 18.8 Å². The van der Waals surface area contributed by atoms with Crippen LogP contribution in [0.15, 0.2) is 24.5 Å². The number of pyridine rings is 1. The zero-order valence-electron chi connectivity index (χ0n) is 15.4. The van der Waals surface area contributed by atoms with Crippen LogP contribution in [0, 0.1) is 0 Å². The van der Waals surface area contributed by atoms with E-state index in [1.54, 1.807) is 48.6 Å². The Bertz CT molecular complexity index is 1120. The Labute approximate surface area is 163 Å². The number of imidazole rings is 1. The summed E-state index contributed by atoms with van der Waals surface area (Å²) in [6.45, 7) is 1.83. The Hall–Kier alpha value is -3.34. The number of esters is 1. The first-order valence-corrected chi connectivity index (χ1v) is 9.19. The minimum atomic E-state index is -0.447. The fourth-order valence-corrected chi connectivity index (χ4v) is 3.32. The largest absolute Gasteiger partial charge is 0.495 e. The van der Waals surface area contributed by atoms with Crippen molar-refractivity contribution >= 4 is 27.8 Å². The Morgan fingerprint density at radius 3 is 2.68 bits per heavy atom. The normalized spacial score (nSPS) is 11.1. The SMILES string of the molecule is CCOC(=O)COc1cc(OC)cn2nc(-c3cn4nc(OC)sc4n3)cc12. The Kier molecular flexibility index (Phi) is 4.74. The maximum Gasteiger partial charge on any atom is 0.344 e. The smallest absolute Gasteiger partial charge is 0.344 e. The number of fused-ring (bicyclic) bond motifs is 2. The van der Waals surface area contributed by atoms with Crippen LogP contribution in [-0.2, 0) is 9.53 Å². The molecule has 0 saturated heterocycles. The third-order valence-electron chi connectivity index (χ3n) is 3.86. The van der Waals surface area contributed by atoms with Crippen LogP contribution in [0.1, 0.15) is 6.92 Å². The number of carbonyl (C=O) groups excluding carboxylic acids is 1. The summed E-state index contributed by atoms with van der Waals surface area (Å²) < 4.78 is 24.2. The zero-order chi connectivity index (χ0) is 19.7. The fourth-order valence-electron chi connectivity index (χ4n) is 2.62. The molecule has 4 rings (SSSR count).